The molecule has 114 valence electrons. The van der Waals surface area contributed by atoms with E-state index in [4.69, 9.17) is 16.3 Å². The number of nitrogens with zero attached hydrogens (tertiary/aromatic N) is 1. The van der Waals surface area contributed by atoms with Crippen LogP contribution >= 0.6 is 11.6 Å². The van der Waals surface area contributed by atoms with Crippen LogP contribution in [0.4, 0.5) is 5.69 Å². The second-order valence-electron chi connectivity index (χ2n) is 6.10. The molecule has 3 nitrogen and oxygen atoms in total. The van der Waals surface area contributed by atoms with Crippen molar-refractivity contribution in [2.75, 3.05) is 4.90 Å². The van der Waals surface area contributed by atoms with E-state index in [1.807, 2.05) is 49.4 Å². The molecule has 22 heavy (non-hydrogen) atoms. The lowest BCUT2D eigenvalue weighted by atomic mass is 10.0. The number of aryl methyl sites for hydroxylation is 1. The summed E-state index contributed by atoms with van der Waals surface area (Å²) in [6.07, 6.45) is 0. The summed E-state index contributed by atoms with van der Waals surface area (Å²) in [4.78, 5) is 14.6. The topological polar surface area (TPSA) is 29.5 Å². The highest BCUT2D eigenvalue weighted by atomic mass is 35.5. The molecule has 0 bridgehead atoms. The van der Waals surface area contributed by atoms with Gasteiger partial charge in [0.2, 0.25) is 0 Å². The summed E-state index contributed by atoms with van der Waals surface area (Å²) in [6, 6.07) is 13.5. The molecule has 1 aliphatic rings. The van der Waals surface area contributed by atoms with Gasteiger partial charge in [-0.2, -0.15) is 0 Å². The highest BCUT2D eigenvalue weighted by molar-refractivity contribution is 6.30. The molecule has 1 aliphatic heterocycles. The Kier molecular flexibility index (Phi) is 3.61. The number of anilines is 1. The van der Waals surface area contributed by atoms with Crippen LogP contribution in [0.5, 0.6) is 5.75 Å². The minimum absolute atomic E-state index is 0.0504. The smallest absolute Gasteiger partial charge is 0.271 e. The lowest BCUT2D eigenvalue weighted by molar-refractivity contribution is -0.132. The van der Waals surface area contributed by atoms with Crippen LogP contribution in [0.25, 0.3) is 0 Å². The number of rotatable bonds is 2. The fraction of sp³-hybridized carbons (Fsp3) is 0.278. The number of fused-ring (bicyclic) bond motifs is 1. The van der Waals surface area contributed by atoms with Crippen molar-refractivity contribution in [3.8, 4) is 5.75 Å². The molecule has 0 unspecified atom stereocenters. The van der Waals surface area contributed by atoms with Crippen molar-refractivity contribution in [2.45, 2.75) is 32.9 Å². The highest BCUT2D eigenvalue weighted by Crippen LogP contribution is 2.39. The third-order valence-corrected chi connectivity index (χ3v) is 4.00. The number of hydrogen-bond acceptors (Lipinski definition) is 2. The number of carbonyl (C=O) groups is 1. The van der Waals surface area contributed by atoms with Crippen molar-refractivity contribution in [3.63, 3.8) is 0 Å². The van der Waals surface area contributed by atoms with Crippen molar-refractivity contribution < 1.29 is 9.53 Å². The van der Waals surface area contributed by atoms with Gasteiger partial charge >= 0.3 is 0 Å². The molecule has 4 heteroatoms. The molecular formula is C18H18ClNO2. The minimum Gasteiger partial charge on any atom is -0.476 e. The van der Waals surface area contributed by atoms with Crippen LogP contribution in [0.3, 0.4) is 0 Å². The Labute approximate surface area is 135 Å². The number of carbonyl (C=O) groups excluding carboxylic acids is 1. The summed E-state index contributed by atoms with van der Waals surface area (Å²) in [5, 5.41) is 0.668. The highest BCUT2D eigenvalue weighted by Gasteiger charge is 2.40. The van der Waals surface area contributed by atoms with E-state index in [0.29, 0.717) is 11.6 Å². The van der Waals surface area contributed by atoms with Crippen molar-refractivity contribution in [3.05, 3.63) is 58.6 Å². The maximum absolute atomic E-state index is 12.8. The summed E-state index contributed by atoms with van der Waals surface area (Å²) < 4.78 is 5.86. The molecule has 0 aromatic heterocycles. The largest absolute Gasteiger partial charge is 0.476 e. The lowest BCUT2D eigenvalue weighted by Gasteiger charge is -2.39. The summed E-state index contributed by atoms with van der Waals surface area (Å²) >= 11 is 6.05. The van der Waals surface area contributed by atoms with Gasteiger partial charge in [-0.3, -0.25) is 4.79 Å². The molecule has 0 atom stereocenters. The van der Waals surface area contributed by atoms with Crippen molar-refractivity contribution in [1.29, 1.82) is 0 Å². The number of amides is 1. The molecule has 2 aromatic rings. The zero-order chi connectivity index (χ0) is 15.9. The predicted octanol–water partition coefficient (Wildman–Crippen LogP) is 4.35. The van der Waals surface area contributed by atoms with Gasteiger partial charge in [0, 0.05) is 5.02 Å². The number of hydrogen-bond donors (Lipinski definition) is 0. The van der Waals surface area contributed by atoms with E-state index in [1.165, 1.54) is 0 Å². The fourth-order valence-corrected chi connectivity index (χ4v) is 2.87. The predicted molar refractivity (Wildman–Crippen MR) is 88.5 cm³/mol. The van der Waals surface area contributed by atoms with E-state index in [0.717, 1.165) is 22.6 Å². The van der Waals surface area contributed by atoms with Gasteiger partial charge in [0.05, 0.1) is 12.2 Å². The summed E-state index contributed by atoms with van der Waals surface area (Å²) in [6.45, 7) is 6.07. The molecule has 0 spiro atoms. The van der Waals surface area contributed by atoms with Crippen LogP contribution in [0.2, 0.25) is 5.02 Å². The van der Waals surface area contributed by atoms with Crippen LogP contribution < -0.4 is 9.64 Å². The molecule has 1 heterocycles. The quantitative estimate of drug-likeness (QED) is 0.824. The van der Waals surface area contributed by atoms with Crippen LogP contribution in [0.15, 0.2) is 42.5 Å². The first kappa shape index (κ1) is 14.9. The fourth-order valence-electron chi connectivity index (χ4n) is 2.65. The molecule has 3 rings (SSSR count). The van der Waals surface area contributed by atoms with Crippen molar-refractivity contribution >= 4 is 23.2 Å². The van der Waals surface area contributed by atoms with E-state index in [9.17, 15) is 4.79 Å². The first-order valence-corrected chi connectivity index (χ1v) is 7.61. The number of ether oxygens (including phenoxy) is 1. The normalized spacial score (nSPS) is 16.2. The Morgan fingerprint density at radius 3 is 2.68 bits per heavy atom. The molecular weight excluding hydrogens is 298 g/mol. The number of halogens is 1. The van der Waals surface area contributed by atoms with E-state index >= 15 is 0 Å². The van der Waals surface area contributed by atoms with Crippen LogP contribution in [0, 0.1) is 6.92 Å². The second kappa shape index (κ2) is 5.33. The minimum atomic E-state index is -0.874. The molecule has 1 amide bonds. The van der Waals surface area contributed by atoms with Gasteiger partial charge in [-0.05, 0) is 56.2 Å². The Balaban J connectivity index is 2.04. The average Bonchev–Trinajstić information content (AvgIpc) is 2.45. The van der Waals surface area contributed by atoms with E-state index in [2.05, 4.69) is 0 Å². The first-order valence-electron chi connectivity index (χ1n) is 7.23. The average molecular weight is 316 g/mol. The van der Waals surface area contributed by atoms with Gasteiger partial charge in [-0.15, -0.1) is 0 Å². The Morgan fingerprint density at radius 1 is 1.18 bits per heavy atom. The van der Waals surface area contributed by atoms with Gasteiger partial charge in [-0.1, -0.05) is 29.8 Å². The monoisotopic (exact) mass is 315 g/mol. The summed E-state index contributed by atoms with van der Waals surface area (Å²) in [7, 11) is 0. The van der Waals surface area contributed by atoms with E-state index in [1.54, 1.807) is 18.7 Å². The molecule has 0 radical (unpaired) electrons. The van der Waals surface area contributed by atoms with Gasteiger partial charge in [0.15, 0.2) is 5.60 Å². The molecule has 0 fully saturated rings. The zero-order valence-corrected chi connectivity index (χ0v) is 13.6. The molecule has 0 saturated carbocycles. The second-order valence-corrected chi connectivity index (χ2v) is 6.54. The van der Waals surface area contributed by atoms with Crippen molar-refractivity contribution in [1.82, 2.24) is 0 Å². The molecule has 0 N–H and O–H groups in total. The Bertz CT molecular complexity index is 740. The van der Waals surface area contributed by atoms with Gasteiger partial charge in [0.1, 0.15) is 5.75 Å². The van der Waals surface area contributed by atoms with Gasteiger partial charge < -0.3 is 9.64 Å². The molecule has 0 aliphatic carbocycles. The Hall–Kier alpha value is -2.00. The van der Waals surface area contributed by atoms with Crippen LogP contribution in [-0.4, -0.2) is 11.5 Å². The van der Waals surface area contributed by atoms with Crippen LogP contribution in [-0.2, 0) is 11.3 Å². The maximum Gasteiger partial charge on any atom is 0.271 e. The number of benzene rings is 2. The van der Waals surface area contributed by atoms with Crippen molar-refractivity contribution in [2.24, 2.45) is 0 Å². The standard InChI is InChI=1S/C18H18ClNO2/c1-12-7-8-16-15(9-12)20(17(21)18(2,3)22-16)11-13-5-4-6-14(19)10-13/h4-10H,11H2,1-3H3. The summed E-state index contributed by atoms with van der Waals surface area (Å²) in [5.41, 5.74) is 2.02. The van der Waals surface area contributed by atoms with Gasteiger partial charge in [-0.25, -0.2) is 0 Å². The SMILES string of the molecule is Cc1ccc2c(c1)N(Cc1cccc(Cl)c1)C(=O)C(C)(C)O2. The van der Waals surface area contributed by atoms with E-state index < -0.39 is 5.60 Å². The maximum atomic E-state index is 12.8. The van der Waals surface area contributed by atoms with E-state index in [-0.39, 0.29) is 5.91 Å². The molecule has 2 aromatic carbocycles. The van der Waals surface area contributed by atoms with Crippen LogP contribution in [0.1, 0.15) is 25.0 Å². The summed E-state index contributed by atoms with van der Waals surface area (Å²) in [5.74, 6) is 0.683. The Morgan fingerprint density at radius 2 is 1.95 bits per heavy atom. The lowest BCUT2D eigenvalue weighted by Crippen LogP contribution is -2.52. The third-order valence-electron chi connectivity index (χ3n) is 3.76. The van der Waals surface area contributed by atoms with Gasteiger partial charge in [0.25, 0.3) is 5.91 Å². The first-order chi connectivity index (χ1) is 10.4. The molecule has 0 saturated heterocycles. The third kappa shape index (κ3) is 2.69. The zero-order valence-electron chi connectivity index (χ0n) is 12.9.